The van der Waals surface area contributed by atoms with Gasteiger partial charge in [-0.15, -0.1) is 0 Å². The lowest BCUT2D eigenvalue weighted by Gasteiger charge is -2.32. The summed E-state index contributed by atoms with van der Waals surface area (Å²) in [7, 11) is 0. The summed E-state index contributed by atoms with van der Waals surface area (Å²) in [5.74, 6) is -1.75. The molecule has 1 aliphatic rings. The van der Waals surface area contributed by atoms with Crippen LogP contribution in [0.25, 0.3) is 22.5 Å². The summed E-state index contributed by atoms with van der Waals surface area (Å²) < 4.78 is 0. The third-order valence-corrected chi connectivity index (χ3v) is 9.86. The zero-order chi connectivity index (χ0) is 40.4. The van der Waals surface area contributed by atoms with E-state index in [9.17, 15) is 19.2 Å². The number of carbonyl (C=O) groups is 4. The molecule has 4 amide bonds. The average Bonchev–Trinajstić information content (AvgIpc) is 3.26. The Morgan fingerprint density at radius 1 is 0.534 bits per heavy atom. The topological polar surface area (TPSA) is 220 Å². The Bertz CT molecular complexity index is 2270. The molecule has 0 bridgehead atoms. The molecule has 292 valence electrons. The van der Waals surface area contributed by atoms with Gasteiger partial charge in [0.25, 0.3) is 23.6 Å². The maximum absolute atomic E-state index is 13.7. The van der Waals surface area contributed by atoms with Crippen molar-refractivity contribution >= 4 is 35.3 Å². The molecule has 2 heterocycles. The lowest BCUT2D eigenvalue weighted by molar-refractivity contribution is 0.0858. The lowest BCUT2D eigenvalue weighted by atomic mass is 9.90. The molecule has 6 aromatic rings. The minimum Gasteiger partial charge on any atom is -0.382 e. The van der Waals surface area contributed by atoms with E-state index in [1.54, 1.807) is 48.5 Å². The van der Waals surface area contributed by atoms with Crippen molar-refractivity contribution in [1.29, 1.82) is 0 Å². The number of nitrogens with zero attached hydrogens (tertiary/aromatic N) is 4. The SMILES string of the molecule is Nc1ncc(-c2cccc(C(=O)NCc3ccccc3)c2)nc1C(=O)NC1CCCCC1NC(=O)c1nc(-c2cccc(C(=O)NCc3ccccc3)c2)cnc1N. The molecular formula is C44H42N10O4. The first-order valence-corrected chi connectivity index (χ1v) is 18.9. The van der Waals surface area contributed by atoms with E-state index in [1.165, 1.54) is 12.4 Å². The zero-order valence-corrected chi connectivity index (χ0v) is 31.5. The highest BCUT2D eigenvalue weighted by Gasteiger charge is 2.31. The predicted octanol–water partition coefficient (Wildman–Crippen LogP) is 5.10. The number of aromatic nitrogens is 4. The van der Waals surface area contributed by atoms with Crippen molar-refractivity contribution in [3.05, 3.63) is 155 Å². The number of hydrogen-bond donors (Lipinski definition) is 6. The average molecular weight is 775 g/mol. The summed E-state index contributed by atoms with van der Waals surface area (Å²) in [4.78, 5) is 70.9. The minimum absolute atomic E-state index is 0.0630. The molecule has 2 unspecified atom stereocenters. The van der Waals surface area contributed by atoms with Crippen LogP contribution < -0.4 is 32.7 Å². The highest BCUT2D eigenvalue weighted by molar-refractivity contribution is 5.99. The molecule has 14 nitrogen and oxygen atoms in total. The fourth-order valence-corrected chi connectivity index (χ4v) is 6.76. The van der Waals surface area contributed by atoms with Gasteiger partial charge in [-0.1, -0.05) is 97.8 Å². The molecule has 0 radical (unpaired) electrons. The number of nitrogens with two attached hydrogens (primary N) is 2. The number of amides is 4. The van der Waals surface area contributed by atoms with Crippen LogP contribution in [0.4, 0.5) is 11.6 Å². The van der Waals surface area contributed by atoms with Crippen molar-refractivity contribution in [2.75, 3.05) is 11.5 Å². The molecule has 0 saturated heterocycles. The summed E-state index contributed by atoms with van der Waals surface area (Å²) in [6, 6.07) is 32.0. The molecule has 7 rings (SSSR count). The number of carbonyl (C=O) groups excluding carboxylic acids is 4. The zero-order valence-electron chi connectivity index (χ0n) is 31.5. The molecule has 8 N–H and O–H groups in total. The van der Waals surface area contributed by atoms with Gasteiger partial charge < -0.3 is 32.7 Å². The Morgan fingerprint density at radius 2 is 0.948 bits per heavy atom. The van der Waals surface area contributed by atoms with Crippen molar-refractivity contribution in [2.45, 2.75) is 50.9 Å². The standard InChI is InChI=1S/C44H42N10O4/c45-39-37(51-35(25-47-39)29-15-9-17-31(21-29)41(55)49-23-27-11-3-1-4-12-27)43(57)53-33-19-7-8-20-34(33)54-44(58)38-40(46)48-26-36(52-38)30-16-10-18-32(22-30)42(56)50-24-28-13-5-2-6-14-28/h1-6,9-18,21-22,25-26,33-34H,7-8,19-20,23-24H2,(H2,45,47)(H2,46,48)(H,49,55)(H,50,56)(H,53,57)(H,54,58). The van der Waals surface area contributed by atoms with Crippen LogP contribution in [0.2, 0.25) is 0 Å². The van der Waals surface area contributed by atoms with E-state index in [2.05, 4.69) is 41.2 Å². The van der Waals surface area contributed by atoms with Gasteiger partial charge in [-0.25, -0.2) is 19.9 Å². The molecule has 0 aliphatic heterocycles. The summed E-state index contributed by atoms with van der Waals surface area (Å²) in [5, 5.41) is 11.8. The van der Waals surface area contributed by atoms with Crippen molar-refractivity contribution in [1.82, 2.24) is 41.2 Å². The second-order valence-electron chi connectivity index (χ2n) is 13.9. The lowest BCUT2D eigenvalue weighted by Crippen LogP contribution is -2.53. The van der Waals surface area contributed by atoms with E-state index in [0.717, 1.165) is 24.0 Å². The van der Waals surface area contributed by atoms with Gasteiger partial charge in [-0.3, -0.25) is 19.2 Å². The highest BCUT2D eigenvalue weighted by atomic mass is 16.2. The molecule has 14 heteroatoms. The van der Waals surface area contributed by atoms with Gasteiger partial charge in [0, 0.05) is 47.4 Å². The number of nitrogen functional groups attached to an aromatic ring is 2. The second kappa shape index (κ2) is 18.0. The summed E-state index contributed by atoms with van der Waals surface area (Å²) in [6.07, 6.45) is 5.73. The Hall–Kier alpha value is -7.48. The third kappa shape index (κ3) is 9.48. The normalized spacial score (nSPS) is 14.8. The Balaban J connectivity index is 1.01. The van der Waals surface area contributed by atoms with E-state index < -0.39 is 23.9 Å². The van der Waals surface area contributed by atoms with Crippen LogP contribution in [-0.2, 0) is 13.1 Å². The summed E-state index contributed by atoms with van der Waals surface area (Å²) in [6.45, 7) is 0.745. The van der Waals surface area contributed by atoms with Crippen molar-refractivity contribution in [3.8, 4) is 22.5 Å². The number of benzene rings is 4. The van der Waals surface area contributed by atoms with Crippen LogP contribution in [0.15, 0.2) is 122 Å². The number of rotatable bonds is 12. The molecule has 58 heavy (non-hydrogen) atoms. The molecule has 0 spiro atoms. The first kappa shape index (κ1) is 38.8. The molecule has 1 fully saturated rings. The van der Waals surface area contributed by atoms with Crippen LogP contribution in [0.1, 0.15) is 78.5 Å². The van der Waals surface area contributed by atoms with E-state index in [-0.39, 0.29) is 34.8 Å². The van der Waals surface area contributed by atoms with E-state index >= 15 is 0 Å². The van der Waals surface area contributed by atoms with Crippen LogP contribution in [0.5, 0.6) is 0 Å². The van der Waals surface area contributed by atoms with Gasteiger partial charge in [0.15, 0.2) is 23.0 Å². The molecule has 1 aliphatic carbocycles. The molecule has 2 atom stereocenters. The van der Waals surface area contributed by atoms with Crippen molar-refractivity contribution in [2.24, 2.45) is 0 Å². The minimum atomic E-state index is -0.552. The maximum Gasteiger partial charge on any atom is 0.274 e. The van der Waals surface area contributed by atoms with Crippen LogP contribution in [0.3, 0.4) is 0 Å². The Kier molecular flexibility index (Phi) is 12.0. The van der Waals surface area contributed by atoms with Gasteiger partial charge in [-0.05, 0) is 48.2 Å². The van der Waals surface area contributed by atoms with Crippen LogP contribution >= 0.6 is 0 Å². The fourth-order valence-electron chi connectivity index (χ4n) is 6.76. The monoisotopic (exact) mass is 774 g/mol. The first-order valence-electron chi connectivity index (χ1n) is 18.9. The van der Waals surface area contributed by atoms with Gasteiger partial charge in [0.05, 0.1) is 23.8 Å². The number of anilines is 2. The first-order chi connectivity index (χ1) is 28.2. The molecular weight excluding hydrogens is 733 g/mol. The smallest absolute Gasteiger partial charge is 0.274 e. The number of hydrogen-bond acceptors (Lipinski definition) is 10. The quantitative estimate of drug-likeness (QED) is 0.0967. The number of nitrogens with one attached hydrogen (secondary N) is 4. The fraction of sp³-hybridized carbons (Fsp3) is 0.182. The van der Waals surface area contributed by atoms with Crippen LogP contribution in [-0.4, -0.2) is 55.6 Å². The van der Waals surface area contributed by atoms with E-state index in [0.29, 0.717) is 59.6 Å². The molecule has 1 saturated carbocycles. The second-order valence-corrected chi connectivity index (χ2v) is 13.9. The van der Waals surface area contributed by atoms with Gasteiger partial charge in [0.2, 0.25) is 0 Å². The van der Waals surface area contributed by atoms with Gasteiger partial charge in [0.1, 0.15) is 0 Å². The molecule has 4 aromatic carbocycles. The maximum atomic E-state index is 13.7. The van der Waals surface area contributed by atoms with Crippen molar-refractivity contribution < 1.29 is 19.2 Å². The van der Waals surface area contributed by atoms with Crippen LogP contribution in [0, 0.1) is 0 Å². The van der Waals surface area contributed by atoms with E-state index in [1.807, 2.05) is 60.7 Å². The summed E-state index contributed by atoms with van der Waals surface area (Å²) >= 11 is 0. The molecule has 2 aromatic heterocycles. The van der Waals surface area contributed by atoms with Gasteiger partial charge in [-0.2, -0.15) is 0 Å². The van der Waals surface area contributed by atoms with Crippen molar-refractivity contribution in [3.63, 3.8) is 0 Å². The Morgan fingerprint density at radius 3 is 1.36 bits per heavy atom. The van der Waals surface area contributed by atoms with Gasteiger partial charge >= 0.3 is 0 Å². The van der Waals surface area contributed by atoms with E-state index in [4.69, 9.17) is 11.5 Å². The highest BCUT2D eigenvalue weighted by Crippen LogP contribution is 2.24. The Labute approximate surface area is 334 Å². The third-order valence-electron chi connectivity index (χ3n) is 9.86. The predicted molar refractivity (Wildman–Crippen MR) is 220 cm³/mol. The summed E-state index contributed by atoms with van der Waals surface area (Å²) in [5.41, 5.74) is 16.8. The largest absolute Gasteiger partial charge is 0.382 e.